The topological polar surface area (TPSA) is 89.8 Å². The van der Waals surface area contributed by atoms with Gasteiger partial charge in [-0.15, -0.1) is 0 Å². The number of rotatable bonds is 19. The van der Waals surface area contributed by atoms with E-state index in [9.17, 15) is 9.59 Å². The highest BCUT2D eigenvalue weighted by Crippen LogP contribution is 2.43. The molecule has 0 N–H and O–H groups in total. The number of anilines is 1. The van der Waals surface area contributed by atoms with Gasteiger partial charge in [-0.1, -0.05) is 245 Å². The molecule has 0 spiro atoms. The number of ketones is 2. The van der Waals surface area contributed by atoms with E-state index in [-0.39, 0.29) is 22.6 Å². The van der Waals surface area contributed by atoms with E-state index in [1.54, 1.807) is 30.3 Å². The number of hydrogen-bond acceptors (Lipinski definition) is 8. The monoisotopic (exact) mass is 1070 g/mol. The van der Waals surface area contributed by atoms with Crippen LogP contribution in [0.15, 0.2) is 306 Å². The largest absolute Gasteiger partial charge is 0.461 e. The molecule has 1 aliphatic carbocycles. The van der Waals surface area contributed by atoms with Gasteiger partial charge in [0.15, 0.2) is 11.6 Å². The molecule has 1 aliphatic heterocycles. The van der Waals surface area contributed by atoms with Gasteiger partial charge in [0.1, 0.15) is 22.7 Å². The van der Waals surface area contributed by atoms with E-state index in [0.29, 0.717) is 65.9 Å². The molecule has 82 heavy (non-hydrogen) atoms. The maximum atomic E-state index is 13.5. The number of hydrogen-bond donors (Lipinski definition) is 0. The van der Waals surface area contributed by atoms with E-state index in [2.05, 4.69) is 173 Å². The molecule has 9 aromatic rings. The molecule has 0 fully saturated rings. The van der Waals surface area contributed by atoms with Crippen LogP contribution in [0.5, 0.6) is 0 Å². The molecule has 404 valence electrons. The summed E-state index contributed by atoms with van der Waals surface area (Å²) < 4.78 is 21.1. The number of ether oxygens (including phenoxy) is 3. The summed E-state index contributed by atoms with van der Waals surface area (Å²) in [5.74, 6) is 0.647. The van der Waals surface area contributed by atoms with Crippen LogP contribution in [0, 0.1) is 5.41 Å². The average molecular weight is 1070 g/mol. The van der Waals surface area contributed by atoms with Crippen LogP contribution in [0.2, 0.25) is 0 Å². The van der Waals surface area contributed by atoms with Crippen molar-refractivity contribution in [2.24, 2.45) is 15.6 Å². The van der Waals surface area contributed by atoms with Crippen molar-refractivity contribution in [3.05, 3.63) is 346 Å². The predicted octanol–water partition coefficient (Wildman–Crippen LogP) is 17.2. The molecule has 0 unspecified atom stereocenters. The van der Waals surface area contributed by atoms with Gasteiger partial charge in [-0.05, 0) is 99.1 Å². The Hall–Kier alpha value is -9.60. The van der Waals surface area contributed by atoms with Gasteiger partial charge in [0, 0.05) is 35.3 Å². The number of carbonyl (C=O) groups excluding carboxylic acids is 2. The van der Waals surface area contributed by atoms with Crippen molar-refractivity contribution in [2.45, 2.75) is 32.0 Å². The highest BCUT2D eigenvalue weighted by molar-refractivity contribution is 6.40. The van der Waals surface area contributed by atoms with Crippen molar-refractivity contribution in [3.8, 4) is 0 Å². The van der Waals surface area contributed by atoms with E-state index in [4.69, 9.17) is 14.2 Å². The van der Waals surface area contributed by atoms with E-state index in [0.717, 1.165) is 44.6 Å². The van der Waals surface area contributed by atoms with Gasteiger partial charge in [-0.2, -0.15) is 10.2 Å². The van der Waals surface area contributed by atoms with E-state index in [1.807, 2.05) is 112 Å². The van der Waals surface area contributed by atoms with Gasteiger partial charge in [-0.3, -0.25) is 9.59 Å². The Morgan fingerprint density at radius 3 is 1.15 bits per heavy atom. The molecule has 0 radical (unpaired) electrons. The van der Waals surface area contributed by atoms with Gasteiger partial charge in [-0.25, -0.2) is 0 Å². The number of Topliss-reactive ketones (excluding diaryl/α,β-unsaturated/α-hetero) is 2. The Morgan fingerprint density at radius 2 is 0.780 bits per heavy atom. The first-order chi connectivity index (χ1) is 40.1. The van der Waals surface area contributed by atoms with Crippen molar-refractivity contribution in [3.63, 3.8) is 0 Å². The molecule has 11 rings (SSSR count). The standard InChI is InChI=1S/C74H63N3O5/c1-72(2,3)68-53-55(69-70(78)66-36-22-23-37-67(66)71(69)79)52-65(82-68)47-40-54-38-41-62(42-39-54)75-76-63-43-45-64(46-44-63)77(48-50-80-73(56-24-10-4-11-25-56,57-26-12-5-13-27-57)58-28-14-6-15-29-58)49-51-81-74(59-30-16-7-17-31-59,60-32-18-8-19-33-60)61-34-20-9-21-35-61/h4-47,52-53H,48-51H2,1-3H3/b47-40+,76-75?. The number of fused-ring (bicyclic) bond motifs is 1. The average Bonchev–Trinajstić information content (AvgIpc) is 3.98. The molecule has 0 bridgehead atoms. The predicted molar refractivity (Wildman–Crippen MR) is 327 cm³/mol. The zero-order valence-electron chi connectivity index (χ0n) is 46.3. The molecular formula is C74H63N3O5. The molecule has 8 heteroatoms. The lowest BCUT2D eigenvalue weighted by Crippen LogP contribution is -2.39. The van der Waals surface area contributed by atoms with Crippen LogP contribution < -0.4 is 4.90 Å². The third kappa shape index (κ3) is 11.5. The second-order valence-electron chi connectivity index (χ2n) is 21.3. The summed E-state index contributed by atoms with van der Waals surface area (Å²) in [5.41, 5.74) is 8.91. The Bertz CT molecular complexity index is 3450. The smallest absolute Gasteiger partial charge is 0.198 e. The van der Waals surface area contributed by atoms with Crippen molar-refractivity contribution in [1.29, 1.82) is 0 Å². The van der Waals surface area contributed by atoms with Crippen LogP contribution >= 0.6 is 0 Å². The van der Waals surface area contributed by atoms with Crippen LogP contribution in [0.25, 0.3) is 6.08 Å². The summed E-state index contributed by atoms with van der Waals surface area (Å²) in [5, 5.41) is 9.29. The fourth-order valence-corrected chi connectivity index (χ4v) is 10.8. The minimum atomic E-state index is -0.890. The highest BCUT2D eigenvalue weighted by atomic mass is 16.5. The Labute approximate surface area is 480 Å². The molecule has 2 aliphatic rings. The summed E-state index contributed by atoms with van der Waals surface area (Å²) in [7, 11) is 0. The van der Waals surface area contributed by atoms with Crippen LogP contribution in [0.4, 0.5) is 17.1 Å². The Kier molecular flexibility index (Phi) is 16.2. The fraction of sp³-hybridized carbons (Fsp3) is 0.135. The lowest BCUT2D eigenvalue weighted by atomic mass is 9.80. The number of nitrogens with zero attached hydrogens (tertiary/aromatic N) is 3. The quantitative estimate of drug-likeness (QED) is 0.0347. The minimum Gasteiger partial charge on any atom is -0.461 e. The van der Waals surface area contributed by atoms with E-state index >= 15 is 0 Å². The van der Waals surface area contributed by atoms with Gasteiger partial charge in [0.25, 0.3) is 0 Å². The third-order valence-electron chi connectivity index (χ3n) is 15.0. The summed E-state index contributed by atoms with van der Waals surface area (Å²) in [4.78, 5) is 29.3. The van der Waals surface area contributed by atoms with Gasteiger partial charge in [0.05, 0.1) is 30.2 Å². The molecule has 0 amide bonds. The first kappa shape index (κ1) is 54.4. The molecule has 9 aromatic carbocycles. The van der Waals surface area contributed by atoms with E-state index in [1.165, 1.54) is 0 Å². The van der Waals surface area contributed by atoms with Crippen LogP contribution in [0.3, 0.4) is 0 Å². The summed E-state index contributed by atoms with van der Waals surface area (Å²) in [6.45, 7) is 7.95. The van der Waals surface area contributed by atoms with Crippen LogP contribution in [-0.4, -0.2) is 37.9 Å². The zero-order chi connectivity index (χ0) is 56.4. The van der Waals surface area contributed by atoms with E-state index < -0.39 is 11.2 Å². The summed E-state index contributed by atoms with van der Waals surface area (Å²) in [6, 6.07) is 85.7. The van der Waals surface area contributed by atoms with Gasteiger partial charge < -0.3 is 19.1 Å². The van der Waals surface area contributed by atoms with Gasteiger partial charge >= 0.3 is 0 Å². The lowest BCUT2D eigenvalue weighted by Gasteiger charge is -2.38. The summed E-state index contributed by atoms with van der Waals surface area (Å²) in [6.07, 6.45) is 7.37. The third-order valence-corrected chi connectivity index (χ3v) is 15.0. The number of benzene rings is 9. The molecule has 8 nitrogen and oxygen atoms in total. The molecule has 0 atom stereocenters. The molecule has 0 aromatic heterocycles. The minimum absolute atomic E-state index is 0.163. The maximum Gasteiger partial charge on any atom is 0.198 e. The number of allylic oxidation sites excluding steroid dienone is 6. The van der Waals surface area contributed by atoms with Crippen molar-refractivity contribution in [1.82, 2.24) is 0 Å². The Morgan fingerprint density at radius 1 is 0.427 bits per heavy atom. The molecular weight excluding hydrogens is 1010 g/mol. The molecule has 1 heterocycles. The second kappa shape index (κ2) is 24.4. The van der Waals surface area contributed by atoms with Crippen molar-refractivity contribution in [2.75, 3.05) is 31.2 Å². The first-order valence-corrected chi connectivity index (χ1v) is 27.8. The number of carbonyl (C=O) groups is 2. The highest BCUT2D eigenvalue weighted by Gasteiger charge is 2.40. The Balaban J connectivity index is 0.852. The molecule has 0 saturated carbocycles. The SMILES string of the molecule is CC(C)(C)C1=CC(=C2C(=O)c3ccccc3C2=O)C=C(/C=C/c2ccc(N=Nc3ccc(N(CCOC(c4ccccc4)(c4ccccc4)c4ccccc4)CCOC(c4ccccc4)(c4ccccc4)c4ccccc4)cc3)cc2)O1. The normalized spacial score (nSPS) is 13.7. The fourth-order valence-electron chi connectivity index (χ4n) is 10.8. The van der Waals surface area contributed by atoms with Gasteiger partial charge in [0.2, 0.25) is 0 Å². The maximum absolute atomic E-state index is 13.5. The number of azo groups is 1. The second-order valence-corrected chi connectivity index (χ2v) is 21.3. The summed E-state index contributed by atoms with van der Waals surface area (Å²) >= 11 is 0. The van der Waals surface area contributed by atoms with Crippen molar-refractivity contribution < 1.29 is 23.8 Å². The van der Waals surface area contributed by atoms with Crippen LogP contribution in [0.1, 0.15) is 80.4 Å². The van der Waals surface area contributed by atoms with Crippen molar-refractivity contribution >= 4 is 34.7 Å². The lowest BCUT2D eigenvalue weighted by molar-refractivity contribution is 0.00967. The zero-order valence-corrected chi connectivity index (χ0v) is 46.3. The van der Waals surface area contributed by atoms with Crippen LogP contribution in [-0.2, 0) is 25.4 Å². The first-order valence-electron chi connectivity index (χ1n) is 27.8. The molecule has 0 saturated heterocycles.